The van der Waals surface area contributed by atoms with Gasteiger partial charge < -0.3 is 4.42 Å². The fourth-order valence-electron chi connectivity index (χ4n) is 6.22. The van der Waals surface area contributed by atoms with E-state index in [0.29, 0.717) is 23.2 Å². The Balaban J connectivity index is 1.38. The van der Waals surface area contributed by atoms with Crippen LogP contribution in [0.15, 0.2) is 138 Å². The maximum atomic E-state index is 6.17. The van der Waals surface area contributed by atoms with Crippen LogP contribution in [0.4, 0.5) is 0 Å². The predicted octanol–water partition coefficient (Wildman–Crippen LogP) is 9.63. The molecule has 9 aromatic rings. The van der Waals surface area contributed by atoms with E-state index in [-0.39, 0.29) is 0 Å². The highest BCUT2D eigenvalue weighted by molar-refractivity contribution is 6.23. The van der Waals surface area contributed by atoms with Gasteiger partial charge in [0.15, 0.2) is 17.5 Å². The van der Waals surface area contributed by atoms with Gasteiger partial charge in [0.05, 0.1) is 5.39 Å². The molecular weight excluding hydrogens is 528 g/mol. The Morgan fingerprint density at radius 3 is 2.00 bits per heavy atom. The molecule has 0 N–H and O–H groups in total. The largest absolute Gasteiger partial charge is 0.456 e. The van der Waals surface area contributed by atoms with E-state index < -0.39 is 0 Å². The van der Waals surface area contributed by atoms with Crippen molar-refractivity contribution in [1.29, 1.82) is 0 Å². The molecule has 0 radical (unpaired) electrons. The van der Waals surface area contributed by atoms with Crippen molar-refractivity contribution in [1.82, 2.24) is 19.9 Å². The van der Waals surface area contributed by atoms with Gasteiger partial charge >= 0.3 is 0 Å². The lowest BCUT2D eigenvalue weighted by Gasteiger charge is -2.14. The summed E-state index contributed by atoms with van der Waals surface area (Å²) in [5.41, 5.74) is 4.07. The summed E-state index contributed by atoms with van der Waals surface area (Å²) < 4.78 is 6.17. The van der Waals surface area contributed by atoms with Crippen molar-refractivity contribution < 1.29 is 4.42 Å². The number of benzene rings is 6. The van der Waals surface area contributed by atoms with Crippen LogP contribution < -0.4 is 0 Å². The lowest BCUT2D eigenvalue weighted by Crippen LogP contribution is -2.02. The van der Waals surface area contributed by atoms with E-state index in [1.54, 1.807) is 6.20 Å². The zero-order valence-electron chi connectivity index (χ0n) is 22.9. The lowest BCUT2D eigenvalue weighted by molar-refractivity contribution is 0.668. The molecule has 0 aliphatic heterocycles. The summed E-state index contributed by atoms with van der Waals surface area (Å²) in [6, 6.07) is 43.5. The summed E-state index contributed by atoms with van der Waals surface area (Å²) in [5, 5.41) is 8.93. The molecule has 5 nitrogen and oxygen atoms in total. The number of hydrogen-bond donors (Lipinski definition) is 0. The third kappa shape index (κ3) is 3.72. The predicted molar refractivity (Wildman–Crippen MR) is 174 cm³/mol. The summed E-state index contributed by atoms with van der Waals surface area (Å²) in [7, 11) is 0. The van der Waals surface area contributed by atoms with Gasteiger partial charge in [-0.2, -0.15) is 0 Å². The van der Waals surface area contributed by atoms with Gasteiger partial charge in [0.1, 0.15) is 16.9 Å². The van der Waals surface area contributed by atoms with Gasteiger partial charge in [-0.1, -0.05) is 109 Å². The zero-order chi connectivity index (χ0) is 28.3. The molecule has 0 saturated heterocycles. The molecular formula is C38H22N4O. The molecule has 0 aliphatic carbocycles. The number of aromatic nitrogens is 4. The van der Waals surface area contributed by atoms with Crippen molar-refractivity contribution in [2.75, 3.05) is 0 Å². The molecule has 0 spiro atoms. The molecule has 0 atom stereocenters. The fourth-order valence-corrected chi connectivity index (χ4v) is 6.22. The maximum Gasteiger partial charge on any atom is 0.183 e. The Morgan fingerprint density at radius 2 is 1.12 bits per heavy atom. The van der Waals surface area contributed by atoms with E-state index >= 15 is 0 Å². The van der Waals surface area contributed by atoms with Crippen molar-refractivity contribution in [2.45, 2.75) is 0 Å². The Bertz CT molecular complexity index is 2520. The van der Waals surface area contributed by atoms with Crippen molar-refractivity contribution >= 4 is 54.3 Å². The minimum atomic E-state index is 0.503. The minimum absolute atomic E-state index is 0.503. The van der Waals surface area contributed by atoms with Gasteiger partial charge in [0.2, 0.25) is 0 Å². The molecule has 5 heteroatoms. The van der Waals surface area contributed by atoms with Crippen LogP contribution in [0.3, 0.4) is 0 Å². The van der Waals surface area contributed by atoms with Gasteiger partial charge in [-0.25, -0.2) is 15.0 Å². The van der Waals surface area contributed by atoms with Crippen molar-refractivity contribution in [2.24, 2.45) is 0 Å². The average Bonchev–Trinajstić information content (AvgIpc) is 3.47. The number of pyridine rings is 1. The van der Waals surface area contributed by atoms with Crippen LogP contribution in [0.2, 0.25) is 0 Å². The maximum absolute atomic E-state index is 6.17. The van der Waals surface area contributed by atoms with Gasteiger partial charge in [-0.05, 0) is 50.5 Å². The highest BCUT2D eigenvalue weighted by atomic mass is 16.3. The summed E-state index contributed by atoms with van der Waals surface area (Å²) >= 11 is 0. The first-order valence-electron chi connectivity index (χ1n) is 14.2. The van der Waals surface area contributed by atoms with Gasteiger partial charge in [-0.3, -0.25) is 4.98 Å². The Labute approximate surface area is 246 Å². The van der Waals surface area contributed by atoms with Crippen molar-refractivity contribution in [3.63, 3.8) is 0 Å². The standard InChI is InChI=1S/C38H22N4O/c1-2-11-24(12-3-1)36-40-37(42-38(41-36)35-34-29-16-8-9-17-31(29)43-32(34)20-21-39-35)30-22-25-19-18-23-10-4-5-13-26(23)33(25)28-15-7-6-14-27(28)30/h1-22H. The van der Waals surface area contributed by atoms with Crippen LogP contribution in [-0.4, -0.2) is 19.9 Å². The van der Waals surface area contributed by atoms with Crippen molar-refractivity contribution in [3.05, 3.63) is 134 Å². The van der Waals surface area contributed by atoms with Crippen LogP contribution in [0.25, 0.3) is 88.5 Å². The highest BCUT2D eigenvalue weighted by Crippen LogP contribution is 2.39. The molecule has 0 unspecified atom stereocenters. The summed E-state index contributed by atoms with van der Waals surface area (Å²) in [6.45, 7) is 0. The SMILES string of the molecule is c1ccc(-c2nc(-c3cc4ccc5ccccc5c4c4ccccc34)nc(-c3nccc4oc5ccccc5c34)n2)cc1. The fraction of sp³-hybridized carbons (Fsp3) is 0. The lowest BCUT2D eigenvalue weighted by atomic mass is 9.93. The smallest absolute Gasteiger partial charge is 0.183 e. The molecule has 0 aliphatic rings. The molecule has 0 fully saturated rings. The van der Waals surface area contributed by atoms with Crippen LogP contribution >= 0.6 is 0 Å². The van der Waals surface area contributed by atoms with Gasteiger partial charge in [-0.15, -0.1) is 0 Å². The first-order chi connectivity index (χ1) is 21.3. The second-order valence-corrected chi connectivity index (χ2v) is 10.7. The summed E-state index contributed by atoms with van der Waals surface area (Å²) in [4.78, 5) is 20.0. The van der Waals surface area contributed by atoms with E-state index in [4.69, 9.17) is 24.4 Å². The Kier molecular flexibility index (Phi) is 5.13. The minimum Gasteiger partial charge on any atom is -0.456 e. The number of furan rings is 1. The van der Waals surface area contributed by atoms with Gasteiger partial charge in [0.25, 0.3) is 0 Å². The molecule has 3 aromatic heterocycles. The molecule has 3 heterocycles. The number of para-hydroxylation sites is 1. The summed E-state index contributed by atoms with van der Waals surface area (Å²) in [6.07, 6.45) is 1.75. The molecule has 9 rings (SSSR count). The number of rotatable bonds is 3. The van der Waals surface area contributed by atoms with Crippen molar-refractivity contribution in [3.8, 4) is 34.3 Å². The average molecular weight is 551 g/mol. The van der Waals surface area contributed by atoms with Gasteiger partial charge in [0, 0.05) is 22.7 Å². The molecule has 43 heavy (non-hydrogen) atoms. The molecule has 0 saturated carbocycles. The van der Waals surface area contributed by atoms with E-state index in [2.05, 4.69) is 66.7 Å². The molecule has 0 bridgehead atoms. The van der Waals surface area contributed by atoms with Crippen LogP contribution in [0.1, 0.15) is 0 Å². The normalized spacial score (nSPS) is 11.7. The third-order valence-corrected chi connectivity index (χ3v) is 8.16. The van der Waals surface area contributed by atoms with Crippen LogP contribution in [0, 0.1) is 0 Å². The first-order valence-corrected chi connectivity index (χ1v) is 14.2. The topological polar surface area (TPSA) is 64.7 Å². The molecule has 6 aromatic carbocycles. The Hall–Kier alpha value is -5.94. The highest BCUT2D eigenvalue weighted by Gasteiger charge is 2.20. The quantitative estimate of drug-likeness (QED) is 0.205. The second kappa shape index (κ2) is 9.29. The number of fused-ring (bicyclic) bond motifs is 8. The third-order valence-electron chi connectivity index (χ3n) is 8.16. The van der Waals surface area contributed by atoms with Crippen LogP contribution in [-0.2, 0) is 0 Å². The van der Waals surface area contributed by atoms with E-state index in [1.165, 1.54) is 16.2 Å². The zero-order valence-corrected chi connectivity index (χ0v) is 22.9. The first kappa shape index (κ1) is 23.7. The number of nitrogens with zero attached hydrogens (tertiary/aromatic N) is 4. The molecule has 0 amide bonds. The monoisotopic (exact) mass is 550 g/mol. The van der Waals surface area contributed by atoms with E-state index in [1.807, 2.05) is 60.7 Å². The van der Waals surface area contributed by atoms with Crippen LogP contribution in [0.5, 0.6) is 0 Å². The second-order valence-electron chi connectivity index (χ2n) is 10.7. The summed E-state index contributed by atoms with van der Waals surface area (Å²) in [5.74, 6) is 1.69. The van der Waals surface area contributed by atoms with E-state index in [0.717, 1.165) is 49.2 Å². The number of hydrogen-bond acceptors (Lipinski definition) is 5. The Morgan fingerprint density at radius 1 is 0.442 bits per heavy atom. The van der Waals surface area contributed by atoms with E-state index in [9.17, 15) is 0 Å². The molecule has 200 valence electrons.